The van der Waals surface area contributed by atoms with E-state index < -0.39 is 0 Å². The van der Waals surface area contributed by atoms with Crippen molar-refractivity contribution in [1.82, 2.24) is 19.6 Å². The molecule has 3 aliphatic heterocycles. The summed E-state index contributed by atoms with van der Waals surface area (Å²) < 4.78 is 7.30. The van der Waals surface area contributed by atoms with Gasteiger partial charge in [-0.15, -0.1) is 0 Å². The highest BCUT2D eigenvalue weighted by molar-refractivity contribution is 5.85. The minimum Gasteiger partial charge on any atom is -0.381 e. The maximum atomic E-state index is 13.2. The molecule has 0 aromatic carbocycles. The predicted molar refractivity (Wildman–Crippen MR) is 90.5 cm³/mol. The fourth-order valence-electron chi connectivity index (χ4n) is 4.68. The number of ether oxygens (including phenoxy) is 1. The Morgan fingerprint density at radius 2 is 2.24 bits per heavy atom. The molecule has 7 nitrogen and oxygen atoms in total. The number of hydrogen-bond acceptors (Lipinski definition) is 4. The highest BCUT2D eigenvalue weighted by Gasteiger charge is 2.51. The molecule has 0 aliphatic carbocycles. The van der Waals surface area contributed by atoms with E-state index in [-0.39, 0.29) is 29.2 Å². The van der Waals surface area contributed by atoms with E-state index in [0.29, 0.717) is 19.4 Å². The fourth-order valence-corrected chi connectivity index (χ4v) is 4.68. The Bertz CT molecular complexity index is 672. The molecule has 3 fully saturated rings. The molecule has 2 amide bonds. The van der Waals surface area contributed by atoms with E-state index in [0.717, 1.165) is 38.4 Å². The lowest BCUT2D eigenvalue weighted by molar-refractivity contribution is -0.156. The molecule has 136 valence electrons. The molecule has 0 radical (unpaired) electrons. The van der Waals surface area contributed by atoms with Gasteiger partial charge in [0.05, 0.1) is 24.3 Å². The molecule has 3 aliphatic rings. The van der Waals surface area contributed by atoms with E-state index in [1.165, 1.54) is 0 Å². The molecule has 4 rings (SSSR count). The number of carbonyl (C=O) groups excluding carboxylic acids is 2. The number of aromatic nitrogens is 2. The summed E-state index contributed by atoms with van der Waals surface area (Å²) in [6.45, 7) is 5.74. The zero-order valence-electron chi connectivity index (χ0n) is 15.0. The summed E-state index contributed by atoms with van der Waals surface area (Å²) in [5.74, 6) is 0.115. The topological polar surface area (TPSA) is 67.7 Å². The number of piperidine rings is 1. The third-order valence-electron chi connectivity index (χ3n) is 6.08. The molecule has 1 aromatic heterocycles. The van der Waals surface area contributed by atoms with Crippen LogP contribution in [-0.4, -0.2) is 64.2 Å². The molecule has 0 saturated carbocycles. The molecule has 25 heavy (non-hydrogen) atoms. The van der Waals surface area contributed by atoms with Crippen molar-refractivity contribution in [3.8, 4) is 0 Å². The number of amides is 2. The van der Waals surface area contributed by atoms with Gasteiger partial charge in [0.2, 0.25) is 11.8 Å². The number of aryl methyl sites for hydroxylation is 1. The molecule has 1 spiro atoms. The third kappa shape index (κ3) is 2.65. The van der Waals surface area contributed by atoms with Gasteiger partial charge in [-0.1, -0.05) is 0 Å². The van der Waals surface area contributed by atoms with Crippen LogP contribution in [0.25, 0.3) is 0 Å². The van der Waals surface area contributed by atoms with Gasteiger partial charge in [0.25, 0.3) is 0 Å². The van der Waals surface area contributed by atoms with E-state index in [4.69, 9.17) is 4.74 Å². The number of hydrogen-bond donors (Lipinski definition) is 0. The van der Waals surface area contributed by atoms with Crippen molar-refractivity contribution in [3.63, 3.8) is 0 Å². The van der Waals surface area contributed by atoms with Crippen molar-refractivity contribution in [1.29, 1.82) is 0 Å². The quantitative estimate of drug-likeness (QED) is 0.818. The second-order valence-corrected chi connectivity index (χ2v) is 7.65. The average molecular weight is 346 g/mol. The van der Waals surface area contributed by atoms with Crippen LogP contribution in [0.4, 0.5) is 0 Å². The molecule has 1 aromatic rings. The van der Waals surface area contributed by atoms with Crippen LogP contribution in [0.5, 0.6) is 0 Å². The van der Waals surface area contributed by atoms with Crippen molar-refractivity contribution in [2.45, 2.75) is 32.2 Å². The molecule has 3 saturated heterocycles. The molecule has 0 unspecified atom stereocenters. The van der Waals surface area contributed by atoms with Gasteiger partial charge in [0.1, 0.15) is 0 Å². The Kier molecular flexibility index (Phi) is 4.06. The first kappa shape index (κ1) is 16.6. The molecular formula is C18H26N4O3. The molecule has 7 heteroatoms. The molecule has 4 heterocycles. The van der Waals surface area contributed by atoms with E-state index in [1.807, 2.05) is 29.8 Å². The summed E-state index contributed by atoms with van der Waals surface area (Å²) in [7, 11) is 1.87. The Labute approximate surface area is 147 Å². The SMILES string of the molecule is CCN1C(=O)CC[C@H](C(=O)N2CC3(CCOC3)C2)[C@H]1c1ccnn1C. The van der Waals surface area contributed by atoms with Gasteiger partial charge in [0.15, 0.2) is 0 Å². The van der Waals surface area contributed by atoms with E-state index >= 15 is 0 Å². The van der Waals surface area contributed by atoms with Crippen molar-refractivity contribution in [2.75, 3.05) is 32.8 Å². The molecule has 2 atom stereocenters. The van der Waals surface area contributed by atoms with Gasteiger partial charge in [0, 0.05) is 51.3 Å². The van der Waals surface area contributed by atoms with Crippen LogP contribution in [0.15, 0.2) is 12.3 Å². The fraction of sp³-hybridized carbons (Fsp3) is 0.722. The first-order valence-corrected chi connectivity index (χ1v) is 9.18. The average Bonchev–Trinajstić information content (AvgIpc) is 3.21. The van der Waals surface area contributed by atoms with Crippen LogP contribution < -0.4 is 0 Å². The Morgan fingerprint density at radius 3 is 2.84 bits per heavy atom. The Balaban J connectivity index is 1.57. The number of carbonyl (C=O) groups is 2. The van der Waals surface area contributed by atoms with Crippen LogP contribution in [-0.2, 0) is 21.4 Å². The second-order valence-electron chi connectivity index (χ2n) is 7.65. The van der Waals surface area contributed by atoms with Gasteiger partial charge in [-0.3, -0.25) is 14.3 Å². The Morgan fingerprint density at radius 1 is 1.44 bits per heavy atom. The van der Waals surface area contributed by atoms with Crippen LogP contribution in [0.3, 0.4) is 0 Å². The van der Waals surface area contributed by atoms with E-state index in [2.05, 4.69) is 5.10 Å². The van der Waals surface area contributed by atoms with Crippen LogP contribution in [0.2, 0.25) is 0 Å². The lowest BCUT2D eigenvalue weighted by Crippen LogP contribution is -2.61. The Hall–Kier alpha value is -1.89. The van der Waals surface area contributed by atoms with E-state index in [9.17, 15) is 9.59 Å². The lowest BCUT2D eigenvalue weighted by atomic mass is 9.77. The first-order chi connectivity index (χ1) is 12.0. The first-order valence-electron chi connectivity index (χ1n) is 9.18. The zero-order chi connectivity index (χ0) is 17.6. The summed E-state index contributed by atoms with van der Waals surface area (Å²) >= 11 is 0. The van der Waals surface area contributed by atoms with Crippen LogP contribution in [0, 0.1) is 11.3 Å². The third-order valence-corrected chi connectivity index (χ3v) is 6.08. The van der Waals surface area contributed by atoms with Gasteiger partial charge in [-0.2, -0.15) is 5.10 Å². The highest BCUT2D eigenvalue weighted by Crippen LogP contribution is 2.43. The van der Waals surface area contributed by atoms with Crippen molar-refractivity contribution in [2.24, 2.45) is 18.4 Å². The monoisotopic (exact) mass is 346 g/mol. The standard InChI is InChI=1S/C18H26N4O3/c1-3-22-15(23)5-4-13(16(22)14-6-8-19-20(14)2)17(24)21-10-18(11-21)7-9-25-12-18/h6,8,13,16H,3-5,7,9-12H2,1-2H3/t13-,16-/m0/s1. The number of nitrogens with zero attached hydrogens (tertiary/aromatic N) is 4. The van der Waals surface area contributed by atoms with Gasteiger partial charge < -0.3 is 14.5 Å². The zero-order valence-corrected chi connectivity index (χ0v) is 15.0. The molecule has 0 N–H and O–H groups in total. The largest absolute Gasteiger partial charge is 0.381 e. The van der Waals surface area contributed by atoms with E-state index in [1.54, 1.807) is 10.9 Å². The lowest BCUT2D eigenvalue weighted by Gasteiger charge is -2.50. The minimum absolute atomic E-state index is 0.127. The summed E-state index contributed by atoms with van der Waals surface area (Å²) in [5, 5.41) is 4.25. The normalized spacial score (nSPS) is 28.5. The van der Waals surface area contributed by atoms with Crippen LogP contribution in [0.1, 0.15) is 37.9 Å². The van der Waals surface area contributed by atoms with Gasteiger partial charge in [-0.25, -0.2) is 0 Å². The molecular weight excluding hydrogens is 320 g/mol. The summed E-state index contributed by atoms with van der Waals surface area (Å²) in [6.07, 6.45) is 3.84. The highest BCUT2D eigenvalue weighted by atomic mass is 16.5. The summed E-state index contributed by atoms with van der Waals surface area (Å²) in [5.41, 5.74) is 1.12. The maximum absolute atomic E-state index is 13.2. The van der Waals surface area contributed by atoms with Crippen molar-refractivity contribution >= 4 is 11.8 Å². The van der Waals surface area contributed by atoms with Crippen molar-refractivity contribution in [3.05, 3.63) is 18.0 Å². The maximum Gasteiger partial charge on any atom is 0.228 e. The molecule has 0 bridgehead atoms. The van der Waals surface area contributed by atoms with Gasteiger partial charge >= 0.3 is 0 Å². The second kappa shape index (κ2) is 6.12. The van der Waals surface area contributed by atoms with Crippen molar-refractivity contribution < 1.29 is 14.3 Å². The minimum atomic E-state index is -0.220. The van der Waals surface area contributed by atoms with Gasteiger partial charge in [-0.05, 0) is 25.8 Å². The smallest absolute Gasteiger partial charge is 0.228 e. The number of likely N-dealkylation sites (tertiary alicyclic amines) is 2. The summed E-state index contributed by atoms with van der Waals surface area (Å²) in [6, 6.07) is 1.71. The predicted octanol–water partition coefficient (Wildman–Crippen LogP) is 0.969. The van der Waals surface area contributed by atoms with Crippen LogP contribution >= 0.6 is 0 Å². The number of rotatable bonds is 3. The summed E-state index contributed by atoms with van der Waals surface area (Å²) in [4.78, 5) is 29.5.